The van der Waals surface area contributed by atoms with Gasteiger partial charge in [0, 0.05) is 36.4 Å². The van der Waals surface area contributed by atoms with Gasteiger partial charge in [0.25, 0.3) is 0 Å². The van der Waals surface area contributed by atoms with Crippen molar-refractivity contribution >= 4 is 17.6 Å². The topological polar surface area (TPSA) is 34.5 Å². The van der Waals surface area contributed by atoms with Gasteiger partial charge in [-0.1, -0.05) is 5.92 Å². The zero-order valence-corrected chi connectivity index (χ0v) is 10.8. The molecule has 2 rings (SSSR count). The molecule has 17 heavy (non-hydrogen) atoms. The molecule has 0 radical (unpaired) electrons. The fourth-order valence-electron chi connectivity index (χ4n) is 1.61. The van der Waals surface area contributed by atoms with Crippen LogP contribution in [0.1, 0.15) is 17.1 Å². The molecular weight excluding hydrogens is 232 g/mol. The summed E-state index contributed by atoms with van der Waals surface area (Å²) >= 11 is 1.62. The number of methoxy groups -OCH3 is 1. The van der Waals surface area contributed by atoms with E-state index in [1.807, 2.05) is 24.7 Å². The van der Waals surface area contributed by atoms with E-state index in [4.69, 9.17) is 4.74 Å². The molecule has 2 heterocycles. The maximum atomic E-state index is 5.12. The molecule has 0 N–H and O–H groups in total. The van der Waals surface area contributed by atoms with Gasteiger partial charge in [0.15, 0.2) is 0 Å². The van der Waals surface area contributed by atoms with Gasteiger partial charge in [-0.3, -0.25) is 4.99 Å². The van der Waals surface area contributed by atoms with Crippen LogP contribution < -0.4 is 0 Å². The standard InChI is InChI=1S/C13H14N2OS/c1-10-15-13(9-17-10)4-3-11-5-12(8-16-2)7-14-6-11/h6-7,9,12H,5,8H2,1-2H3. The first-order valence-electron chi connectivity index (χ1n) is 5.43. The van der Waals surface area contributed by atoms with Crippen LogP contribution in [-0.2, 0) is 4.74 Å². The van der Waals surface area contributed by atoms with Crippen molar-refractivity contribution in [2.24, 2.45) is 10.9 Å². The Labute approximate surface area is 105 Å². The number of aromatic nitrogens is 1. The van der Waals surface area contributed by atoms with Crippen LogP contribution in [0.2, 0.25) is 0 Å². The van der Waals surface area contributed by atoms with E-state index in [2.05, 4.69) is 21.8 Å². The number of nitrogens with zero attached hydrogens (tertiary/aromatic N) is 2. The first-order chi connectivity index (χ1) is 8.28. The van der Waals surface area contributed by atoms with E-state index in [0.29, 0.717) is 12.5 Å². The van der Waals surface area contributed by atoms with Crippen LogP contribution in [-0.4, -0.2) is 24.9 Å². The minimum Gasteiger partial charge on any atom is -0.384 e. The van der Waals surface area contributed by atoms with Crippen LogP contribution in [0.4, 0.5) is 0 Å². The Morgan fingerprint density at radius 3 is 3.12 bits per heavy atom. The van der Waals surface area contributed by atoms with Crippen LogP contribution >= 0.6 is 11.3 Å². The number of hydrogen-bond donors (Lipinski definition) is 0. The highest BCUT2D eigenvalue weighted by Gasteiger charge is 2.10. The summed E-state index contributed by atoms with van der Waals surface area (Å²) in [6.07, 6.45) is 4.63. The SMILES string of the molecule is COCC1C=NC=C(C#Cc2csc(C)n2)C1. The number of aryl methyl sites for hydroxylation is 1. The minimum atomic E-state index is 0.339. The molecule has 0 bridgehead atoms. The Morgan fingerprint density at radius 1 is 1.53 bits per heavy atom. The summed E-state index contributed by atoms with van der Waals surface area (Å²) in [5.41, 5.74) is 1.88. The third kappa shape index (κ3) is 3.52. The molecule has 1 aromatic heterocycles. The van der Waals surface area contributed by atoms with Gasteiger partial charge >= 0.3 is 0 Å². The summed E-state index contributed by atoms with van der Waals surface area (Å²) in [6, 6.07) is 0. The highest BCUT2D eigenvalue weighted by molar-refractivity contribution is 7.09. The molecule has 3 nitrogen and oxygen atoms in total. The van der Waals surface area contributed by atoms with Crippen LogP contribution in [0.15, 0.2) is 22.1 Å². The lowest BCUT2D eigenvalue weighted by atomic mass is 10.0. The molecule has 1 aromatic rings. The molecule has 1 unspecified atom stereocenters. The fraction of sp³-hybridized carbons (Fsp3) is 0.385. The quantitative estimate of drug-likeness (QED) is 0.751. The molecule has 1 aliphatic rings. The molecule has 0 fully saturated rings. The molecule has 0 aromatic carbocycles. The molecule has 0 amide bonds. The second-order valence-electron chi connectivity index (χ2n) is 3.87. The largest absolute Gasteiger partial charge is 0.384 e. The van der Waals surface area contributed by atoms with Gasteiger partial charge in [0.1, 0.15) is 5.69 Å². The Morgan fingerprint density at radius 2 is 2.41 bits per heavy atom. The minimum absolute atomic E-state index is 0.339. The van der Waals surface area contributed by atoms with E-state index >= 15 is 0 Å². The predicted molar refractivity (Wildman–Crippen MR) is 70.3 cm³/mol. The van der Waals surface area contributed by atoms with Crippen LogP contribution in [0.5, 0.6) is 0 Å². The number of thiazole rings is 1. The van der Waals surface area contributed by atoms with E-state index in [1.165, 1.54) is 0 Å². The summed E-state index contributed by atoms with van der Waals surface area (Å²) in [5.74, 6) is 6.53. The lowest BCUT2D eigenvalue weighted by Crippen LogP contribution is -2.12. The van der Waals surface area contributed by atoms with Crippen molar-refractivity contribution in [3.8, 4) is 11.8 Å². The second-order valence-corrected chi connectivity index (χ2v) is 4.94. The maximum absolute atomic E-state index is 5.12. The van der Waals surface area contributed by atoms with Gasteiger partial charge < -0.3 is 4.74 Å². The molecule has 0 saturated carbocycles. The van der Waals surface area contributed by atoms with Crippen molar-refractivity contribution in [2.75, 3.05) is 13.7 Å². The van der Waals surface area contributed by atoms with Crippen molar-refractivity contribution < 1.29 is 4.74 Å². The van der Waals surface area contributed by atoms with Crippen LogP contribution in [0.3, 0.4) is 0 Å². The average molecular weight is 246 g/mol. The van der Waals surface area contributed by atoms with Crippen molar-refractivity contribution in [2.45, 2.75) is 13.3 Å². The zero-order chi connectivity index (χ0) is 12.1. The number of hydrogen-bond acceptors (Lipinski definition) is 4. The third-order valence-electron chi connectivity index (χ3n) is 2.36. The predicted octanol–water partition coefficient (Wildman–Crippen LogP) is 2.42. The Bertz CT molecular complexity index is 505. The van der Waals surface area contributed by atoms with Gasteiger partial charge in [0.05, 0.1) is 11.6 Å². The zero-order valence-electron chi connectivity index (χ0n) is 9.93. The Kier molecular flexibility index (Phi) is 4.08. The Balaban J connectivity index is 2.02. The molecule has 1 atom stereocenters. The smallest absolute Gasteiger partial charge is 0.124 e. The van der Waals surface area contributed by atoms with Crippen molar-refractivity contribution in [1.29, 1.82) is 0 Å². The number of rotatable bonds is 2. The number of aliphatic imine (C=N–C) groups is 1. The van der Waals surface area contributed by atoms with Crippen molar-refractivity contribution in [3.05, 3.63) is 27.9 Å². The fourth-order valence-corrected chi connectivity index (χ4v) is 2.15. The van der Waals surface area contributed by atoms with Gasteiger partial charge in [0.2, 0.25) is 0 Å². The van der Waals surface area contributed by atoms with Crippen molar-refractivity contribution in [3.63, 3.8) is 0 Å². The van der Waals surface area contributed by atoms with Gasteiger partial charge in [-0.05, 0) is 19.3 Å². The maximum Gasteiger partial charge on any atom is 0.124 e. The molecule has 4 heteroatoms. The third-order valence-corrected chi connectivity index (χ3v) is 3.13. The van der Waals surface area contributed by atoms with E-state index in [9.17, 15) is 0 Å². The summed E-state index contributed by atoms with van der Waals surface area (Å²) in [4.78, 5) is 8.49. The van der Waals surface area contributed by atoms with E-state index in [0.717, 1.165) is 22.7 Å². The Hall–Kier alpha value is -1.44. The molecule has 0 aliphatic carbocycles. The highest BCUT2D eigenvalue weighted by Crippen LogP contribution is 2.15. The second kappa shape index (κ2) is 5.76. The number of allylic oxidation sites excluding steroid dienone is 1. The van der Waals surface area contributed by atoms with E-state index in [1.54, 1.807) is 18.4 Å². The van der Waals surface area contributed by atoms with Crippen LogP contribution in [0.25, 0.3) is 0 Å². The molecule has 0 saturated heterocycles. The monoisotopic (exact) mass is 246 g/mol. The molecular formula is C13H14N2OS. The van der Waals surface area contributed by atoms with E-state index < -0.39 is 0 Å². The molecule has 88 valence electrons. The van der Waals surface area contributed by atoms with Crippen LogP contribution in [0, 0.1) is 24.7 Å². The normalized spacial score (nSPS) is 18.5. The van der Waals surface area contributed by atoms with Gasteiger partial charge in [-0.25, -0.2) is 4.98 Å². The lowest BCUT2D eigenvalue weighted by Gasteiger charge is -2.12. The van der Waals surface area contributed by atoms with Crippen molar-refractivity contribution in [1.82, 2.24) is 4.98 Å². The summed E-state index contributed by atoms with van der Waals surface area (Å²) in [5, 5.41) is 3.02. The first kappa shape index (κ1) is 12.0. The number of ether oxygens (including phenoxy) is 1. The first-order valence-corrected chi connectivity index (χ1v) is 6.31. The van der Waals surface area contributed by atoms with Gasteiger partial charge in [-0.15, -0.1) is 11.3 Å². The molecule has 0 spiro atoms. The average Bonchev–Trinajstić information content (AvgIpc) is 2.74. The molecule has 1 aliphatic heterocycles. The summed E-state index contributed by atoms with van der Waals surface area (Å²) in [6.45, 7) is 2.67. The lowest BCUT2D eigenvalue weighted by molar-refractivity contribution is 0.177. The summed E-state index contributed by atoms with van der Waals surface area (Å²) < 4.78 is 5.12. The van der Waals surface area contributed by atoms with E-state index in [-0.39, 0.29) is 0 Å². The summed E-state index contributed by atoms with van der Waals surface area (Å²) in [7, 11) is 1.70. The highest BCUT2D eigenvalue weighted by atomic mass is 32.1. The van der Waals surface area contributed by atoms with Gasteiger partial charge in [-0.2, -0.15) is 0 Å².